The van der Waals surface area contributed by atoms with E-state index in [9.17, 15) is 5.11 Å². The third kappa shape index (κ3) is 2.27. The molecule has 0 saturated heterocycles. The first-order valence-electron chi connectivity index (χ1n) is 7.50. The molecule has 19 heavy (non-hydrogen) atoms. The van der Waals surface area contributed by atoms with Gasteiger partial charge in [-0.3, -0.25) is 4.68 Å². The number of rotatable bonds is 5. The molecule has 2 fully saturated rings. The Balaban J connectivity index is 1.73. The minimum absolute atomic E-state index is 0.443. The van der Waals surface area contributed by atoms with Crippen molar-refractivity contribution >= 4 is 0 Å². The summed E-state index contributed by atoms with van der Waals surface area (Å²) in [7, 11) is 1.64. The van der Waals surface area contributed by atoms with Crippen molar-refractivity contribution in [3.63, 3.8) is 0 Å². The molecule has 1 aromatic heterocycles. The first kappa shape index (κ1) is 13.0. The maximum atomic E-state index is 10.6. The van der Waals surface area contributed by atoms with Gasteiger partial charge < -0.3 is 9.84 Å². The van der Waals surface area contributed by atoms with Gasteiger partial charge in [0.1, 0.15) is 5.69 Å². The molecule has 0 amide bonds. The molecule has 1 heterocycles. The predicted molar refractivity (Wildman–Crippen MR) is 73.0 cm³/mol. The predicted octanol–water partition coefficient (Wildman–Crippen LogP) is 2.77. The van der Waals surface area contributed by atoms with Gasteiger partial charge in [0.2, 0.25) is 0 Å². The summed E-state index contributed by atoms with van der Waals surface area (Å²) < 4.78 is 7.19. The van der Waals surface area contributed by atoms with Gasteiger partial charge in [-0.05, 0) is 50.4 Å². The number of ether oxygens (including phenoxy) is 1. The van der Waals surface area contributed by atoms with Crippen molar-refractivity contribution < 1.29 is 9.84 Å². The Labute approximate surface area is 114 Å². The minimum Gasteiger partial charge on any atom is -0.493 e. The molecule has 0 spiro atoms. The van der Waals surface area contributed by atoms with E-state index in [1.54, 1.807) is 13.3 Å². The monoisotopic (exact) mass is 264 g/mol. The van der Waals surface area contributed by atoms with Gasteiger partial charge >= 0.3 is 0 Å². The summed E-state index contributed by atoms with van der Waals surface area (Å²) in [6.45, 7) is 2.81. The zero-order chi connectivity index (χ0) is 13.4. The van der Waals surface area contributed by atoms with E-state index in [0.717, 1.165) is 36.2 Å². The van der Waals surface area contributed by atoms with Crippen molar-refractivity contribution in [1.82, 2.24) is 9.78 Å². The Kier molecular flexibility index (Phi) is 3.52. The molecule has 4 atom stereocenters. The Hall–Kier alpha value is -1.03. The van der Waals surface area contributed by atoms with Crippen LogP contribution in [0.4, 0.5) is 0 Å². The average molecular weight is 264 g/mol. The highest BCUT2D eigenvalue weighted by Gasteiger charge is 2.40. The summed E-state index contributed by atoms with van der Waals surface area (Å²) in [6, 6.07) is 0. The number of hydrogen-bond donors (Lipinski definition) is 1. The van der Waals surface area contributed by atoms with Gasteiger partial charge in [0.05, 0.1) is 19.4 Å². The smallest absolute Gasteiger partial charge is 0.162 e. The third-order valence-electron chi connectivity index (χ3n) is 5.09. The maximum Gasteiger partial charge on any atom is 0.162 e. The first-order chi connectivity index (χ1) is 9.22. The van der Waals surface area contributed by atoms with E-state index in [2.05, 4.69) is 5.10 Å². The second-order valence-electron chi connectivity index (χ2n) is 6.10. The fraction of sp³-hybridized carbons (Fsp3) is 0.800. The van der Waals surface area contributed by atoms with Crippen LogP contribution in [0, 0.1) is 17.8 Å². The molecule has 2 aliphatic rings. The molecular formula is C15H24N2O2. The van der Waals surface area contributed by atoms with Gasteiger partial charge in [0.15, 0.2) is 5.75 Å². The number of fused-ring (bicyclic) bond motifs is 2. The van der Waals surface area contributed by atoms with Crippen molar-refractivity contribution in [2.75, 3.05) is 7.11 Å². The topological polar surface area (TPSA) is 47.3 Å². The van der Waals surface area contributed by atoms with E-state index >= 15 is 0 Å². The summed E-state index contributed by atoms with van der Waals surface area (Å²) in [5, 5.41) is 14.9. The van der Waals surface area contributed by atoms with E-state index in [1.165, 1.54) is 25.7 Å². The van der Waals surface area contributed by atoms with E-state index in [1.807, 2.05) is 11.6 Å². The Morgan fingerprint density at radius 3 is 2.89 bits per heavy atom. The average Bonchev–Trinajstić information content (AvgIpc) is 3.12. The van der Waals surface area contributed by atoms with Crippen LogP contribution in [-0.4, -0.2) is 22.0 Å². The summed E-state index contributed by atoms with van der Waals surface area (Å²) in [5.41, 5.74) is 0.854. The minimum atomic E-state index is -0.443. The molecule has 2 bridgehead atoms. The van der Waals surface area contributed by atoms with E-state index in [4.69, 9.17) is 4.74 Å². The molecule has 3 rings (SSSR count). The molecular weight excluding hydrogens is 240 g/mol. The highest BCUT2D eigenvalue weighted by atomic mass is 16.5. The van der Waals surface area contributed by atoms with Crippen LogP contribution >= 0.6 is 0 Å². The fourth-order valence-corrected chi connectivity index (χ4v) is 4.19. The van der Waals surface area contributed by atoms with Crippen LogP contribution in [-0.2, 0) is 6.54 Å². The van der Waals surface area contributed by atoms with Crippen LogP contribution in [0.25, 0.3) is 0 Å². The Morgan fingerprint density at radius 2 is 2.32 bits per heavy atom. The number of hydrogen-bond acceptors (Lipinski definition) is 3. The third-order valence-corrected chi connectivity index (χ3v) is 5.09. The van der Waals surface area contributed by atoms with Crippen LogP contribution in [0.3, 0.4) is 0 Å². The lowest BCUT2D eigenvalue weighted by Crippen LogP contribution is -2.17. The summed E-state index contributed by atoms with van der Waals surface area (Å²) in [4.78, 5) is 0. The Morgan fingerprint density at radius 1 is 1.47 bits per heavy atom. The first-order valence-corrected chi connectivity index (χ1v) is 7.50. The quantitative estimate of drug-likeness (QED) is 0.889. The van der Waals surface area contributed by atoms with Gasteiger partial charge in [-0.25, -0.2) is 0 Å². The molecule has 106 valence electrons. The normalized spacial score (nSPS) is 30.8. The number of aliphatic hydroxyl groups is 1. The standard InChI is InChI=1S/C15H24N2O2/c1-3-17-15(14(19-2)9-16-17)13(18)8-12-7-10-4-5-11(12)6-10/h9-13,18H,3-8H2,1-2H3. The second-order valence-corrected chi connectivity index (χ2v) is 6.10. The lowest BCUT2D eigenvalue weighted by atomic mass is 9.84. The molecule has 4 heteroatoms. The van der Waals surface area contributed by atoms with Crippen LogP contribution in [0.2, 0.25) is 0 Å². The van der Waals surface area contributed by atoms with E-state index in [0.29, 0.717) is 5.92 Å². The zero-order valence-corrected chi connectivity index (χ0v) is 11.9. The molecule has 0 aliphatic heterocycles. The second kappa shape index (κ2) is 5.16. The van der Waals surface area contributed by atoms with Crippen molar-refractivity contribution in [1.29, 1.82) is 0 Å². The zero-order valence-electron chi connectivity index (χ0n) is 11.9. The largest absolute Gasteiger partial charge is 0.493 e. The Bertz CT molecular complexity index is 422. The van der Waals surface area contributed by atoms with Gasteiger partial charge in [-0.15, -0.1) is 0 Å². The van der Waals surface area contributed by atoms with Crippen molar-refractivity contribution in [2.45, 2.75) is 51.7 Å². The summed E-state index contributed by atoms with van der Waals surface area (Å²) in [6.07, 6.45) is 7.61. The van der Waals surface area contributed by atoms with E-state index < -0.39 is 6.10 Å². The van der Waals surface area contributed by atoms with E-state index in [-0.39, 0.29) is 0 Å². The van der Waals surface area contributed by atoms with Crippen LogP contribution < -0.4 is 4.74 Å². The molecule has 2 saturated carbocycles. The van der Waals surface area contributed by atoms with Crippen molar-refractivity contribution in [2.24, 2.45) is 17.8 Å². The van der Waals surface area contributed by atoms with Gasteiger partial charge in [-0.2, -0.15) is 5.10 Å². The maximum absolute atomic E-state index is 10.6. The van der Waals surface area contributed by atoms with Crippen LogP contribution in [0.5, 0.6) is 5.75 Å². The number of nitrogens with zero attached hydrogens (tertiary/aromatic N) is 2. The highest BCUT2D eigenvalue weighted by Crippen LogP contribution is 2.51. The molecule has 1 N–H and O–H groups in total. The number of aliphatic hydroxyl groups excluding tert-OH is 1. The van der Waals surface area contributed by atoms with Crippen LogP contribution in [0.1, 0.15) is 50.8 Å². The lowest BCUT2D eigenvalue weighted by molar-refractivity contribution is 0.114. The van der Waals surface area contributed by atoms with Crippen molar-refractivity contribution in [3.05, 3.63) is 11.9 Å². The molecule has 4 unspecified atom stereocenters. The highest BCUT2D eigenvalue weighted by molar-refractivity contribution is 5.27. The SMILES string of the molecule is CCn1ncc(OC)c1C(O)CC1CC2CCC1C2. The fourth-order valence-electron chi connectivity index (χ4n) is 4.19. The van der Waals surface area contributed by atoms with Gasteiger partial charge in [0.25, 0.3) is 0 Å². The summed E-state index contributed by atoms with van der Waals surface area (Å²) >= 11 is 0. The molecule has 1 aromatic rings. The molecule has 2 aliphatic carbocycles. The lowest BCUT2D eigenvalue weighted by Gasteiger charge is -2.24. The van der Waals surface area contributed by atoms with Gasteiger partial charge in [-0.1, -0.05) is 6.42 Å². The number of aromatic nitrogens is 2. The molecule has 0 radical (unpaired) electrons. The summed E-state index contributed by atoms with van der Waals surface area (Å²) in [5.74, 6) is 3.19. The molecule has 4 nitrogen and oxygen atoms in total. The van der Waals surface area contributed by atoms with Crippen LogP contribution in [0.15, 0.2) is 6.20 Å². The van der Waals surface area contributed by atoms with Crippen molar-refractivity contribution in [3.8, 4) is 5.75 Å². The number of methoxy groups -OCH3 is 1. The number of aryl methyl sites for hydroxylation is 1. The van der Waals surface area contributed by atoms with Gasteiger partial charge in [0, 0.05) is 6.54 Å². The molecule has 0 aromatic carbocycles.